The number of benzene rings is 4. The average molecular weight is 1830 g/mol. The van der Waals surface area contributed by atoms with Gasteiger partial charge in [0.2, 0.25) is 5.70 Å². The molecule has 0 atom stereocenters. The summed E-state index contributed by atoms with van der Waals surface area (Å²) >= 11 is 0. The first-order valence-electron chi connectivity index (χ1n) is 43.1. The van der Waals surface area contributed by atoms with Gasteiger partial charge in [-0.1, -0.05) is 86.2 Å². The second kappa shape index (κ2) is 47.9. The zero-order valence-corrected chi connectivity index (χ0v) is 75.8. The standard InChI is InChI=1S/C24H22N6O.C20H15N3O2.C16H18N6O.C15H15N3O.C13H12N4O.C12H13N7O2/c1-16-7-9-17(10-8-16)21-20(14-19(26-2)18-6-3-4-11-27-18)30(12-5-13-31)24-22(21)23(25)28-15-29-24;1-2-18(24)15(11-21)10-13-5-3-6-14(9-13)19(25)17-12-23-20-16(17)7-4-8-22-20;1-2-13(23)12(8-17)7-11-3-5-22(6-4-11)16-14-15(19-9-18-14)20-10-21-16;1-10(2)18-15(19)13(9-16)8-11-3-4-14-12(7-11)5-6-17-14;1-17(2)13(18)10(7-14)5-9-3-4-12-11(6-9)8-15-16-12;13-5-7(11(15)21)4-8-18-9-10(14)16-6-17-12(9)19(8)2-1-3-20/h3-4,6-11,14-15,31H,5,12-13H2,1H3,(H2,25,28,29);3-10,12H,2H2,1H3,(H,22,23);7,9-11H,2-6H2,1H3,(H,18,19,20,21);3-8,10,17H,1-2H3,(H,18,19);3-6,8H,1-2H3,(H,15,16);4,6,20H,1-3H2,(H2,15,21)(H2,14,16,17)/b19-14-;15-10+;12-7+;13-8+;10-5+;7-4+. The van der Waals surface area contributed by atoms with E-state index in [1.54, 1.807) is 112 Å². The quantitative estimate of drug-likeness (QED) is 0.0110. The number of rotatable bonds is 25. The number of Topliss-reactive ketones (excluding diaryl/α,β-unsaturated/α-hetero) is 2. The summed E-state index contributed by atoms with van der Waals surface area (Å²) in [5.41, 5.74) is 31.2. The van der Waals surface area contributed by atoms with Crippen molar-refractivity contribution < 1.29 is 39.0 Å². The van der Waals surface area contributed by atoms with Gasteiger partial charge in [0.15, 0.2) is 45.8 Å². The molecule has 0 aliphatic carbocycles. The second-order valence-corrected chi connectivity index (χ2v) is 31.1. The van der Waals surface area contributed by atoms with Gasteiger partial charge in [0.1, 0.15) is 94.5 Å². The number of nitrogens with two attached hydrogens (primary N) is 3. The van der Waals surface area contributed by atoms with Gasteiger partial charge in [0.05, 0.1) is 46.8 Å². The fourth-order valence-electron chi connectivity index (χ4n) is 14.4. The minimum atomic E-state index is -0.850. The lowest BCUT2D eigenvalue weighted by atomic mass is 9.93. The van der Waals surface area contributed by atoms with E-state index in [1.807, 2.05) is 159 Å². The number of H-pyrrole nitrogens is 4. The maximum atomic E-state index is 12.8. The molecular formula is C100H95N29O8. The molecule has 11 aromatic heterocycles. The topological polar surface area (TPSA) is 578 Å². The van der Waals surface area contributed by atoms with E-state index in [0.717, 1.165) is 103 Å². The number of primary amides is 1. The Morgan fingerprint density at radius 2 is 1.28 bits per heavy atom. The number of imidazole rings is 2. The summed E-state index contributed by atoms with van der Waals surface area (Å²) < 4.78 is 3.64. The highest BCUT2D eigenvalue weighted by Crippen LogP contribution is 2.40. The fourth-order valence-corrected chi connectivity index (χ4v) is 14.4. The van der Waals surface area contributed by atoms with Crippen LogP contribution in [0.4, 0.5) is 17.5 Å². The third-order valence-electron chi connectivity index (χ3n) is 21.2. The molecule has 15 aromatic rings. The van der Waals surface area contributed by atoms with E-state index < -0.39 is 5.91 Å². The van der Waals surface area contributed by atoms with E-state index in [1.165, 1.54) is 36.0 Å². The highest BCUT2D eigenvalue weighted by Gasteiger charge is 2.26. The number of aromatic amines is 4. The van der Waals surface area contributed by atoms with Crippen LogP contribution in [0.15, 0.2) is 212 Å². The van der Waals surface area contributed by atoms with Crippen molar-refractivity contribution in [3.8, 4) is 41.5 Å². The molecule has 0 bridgehead atoms. The van der Waals surface area contributed by atoms with E-state index in [9.17, 15) is 33.9 Å². The van der Waals surface area contributed by atoms with Crippen molar-refractivity contribution >= 4 is 155 Å². The molecule has 1 aliphatic rings. The van der Waals surface area contributed by atoms with Crippen molar-refractivity contribution in [2.24, 2.45) is 11.7 Å². The number of fused-ring (bicyclic) bond motifs is 6. The number of aliphatic hydroxyl groups excluding tert-OH is 2. The van der Waals surface area contributed by atoms with Gasteiger partial charge in [0, 0.05) is 142 Å². The lowest BCUT2D eigenvalue weighted by Gasteiger charge is -2.31. The van der Waals surface area contributed by atoms with Crippen LogP contribution in [0.25, 0.3) is 118 Å². The number of amides is 3. The molecule has 13 N–H and O–H groups in total. The largest absolute Gasteiger partial charge is 0.396 e. The number of nitrogens with one attached hydrogen (secondary N) is 5. The Hall–Kier alpha value is -18.4. The molecule has 0 unspecified atom stereocenters. The number of anilines is 3. The summed E-state index contributed by atoms with van der Waals surface area (Å²) in [6.07, 6.45) is 27.4. The van der Waals surface area contributed by atoms with Crippen LogP contribution in [0.2, 0.25) is 0 Å². The number of nitrogen functional groups attached to an aromatic ring is 2. The third-order valence-corrected chi connectivity index (χ3v) is 21.2. The number of carbonyl (C=O) groups is 6. The van der Waals surface area contributed by atoms with Crippen molar-refractivity contribution in [2.45, 2.75) is 92.3 Å². The van der Waals surface area contributed by atoms with Crippen molar-refractivity contribution in [1.82, 2.24) is 94.3 Å². The molecule has 1 aliphatic heterocycles. The first kappa shape index (κ1) is 99.1. The third kappa shape index (κ3) is 25.2. The Morgan fingerprint density at radius 1 is 0.642 bits per heavy atom. The smallest absolute Gasteiger partial charge is 0.264 e. The molecule has 4 aromatic carbocycles. The molecule has 16 rings (SSSR count). The average Bonchev–Trinajstić information content (AvgIpc) is 1.59. The Morgan fingerprint density at radius 3 is 1.94 bits per heavy atom. The van der Waals surface area contributed by atoms with Crippen molar-refractivity contribution in [3.05, 3.63) is 274 Å². The number of nitriles is 5. The molecule has 37 nitrogen and oxygen atoms in total. The highest BCUT2D eigenvalue weighted by molar-refractivity contribution is 6.16. The fraction of sp³-hybridized carbons (Fsp3) is 0.210. The van der Waals surface area contributed by atoms with Crippen molar-refractivity contribution in [3.63, 3.8) is 0 Å². The van der Waals surface area contributed by atoms with E-state index in [0.29, 0.717) is 106 Å². The Kier molecular flexibility index (Phi) is 34.7. The Labute approximate surface area is 786 Å². The molecule has 688 valence electrons. The van der Waals surface area contributed by atoms with Crippen LogP contribution >= 0.6 is 0 Å². The number of piperidine rings is 1. The molecule has 12 heterocycles. The second-order valence-electron chi connectivity index (χ2n) is 31.1. The van der Waals surface area contributed by atoms with Gasteiger partial charge in [-0.25, -0.2) is 49.7 Å². The van der Waals surface area contributed by atoms with Crippen LogP contribution in [-0.4, -0.2) is 181 Å². The number of allylic oxidation sites excluding steroid dienone is 3. The summed E-state index contributed by atoms with van der Waals surface area (Å²) in [7, 11) is 3.24. The molecule has 137 heavy (non-hydrogen) atoms. The number of carbonyl (C=O) groups excluding carboxylic acids is 6. The first-order chi connectivity index (χ1) is 66.3. The van der Waals surface area contributed by atoms with Gasteiger partial charge in [-0.2, -0.15) is 31.4 Å². The molecule has 3 amide bonds. The number of likely N-dealkylation sites (N-methyl/N-ethyl adjacent to an activating group) is 1. The number of ketones is 3. The van der Waals surface area contributed by atoms with Crippen LogP contribution in [-0.2, 0) is 37.1 Å². The van der Waals surface area contributed by atoms with Gasteiger partial charge in [0.25, 0.3) is 17.7 Å². The van der Waals surface area contributed by atoms with Gasteiger partial charge >= 0.3 is 0 Å². The predicted octanol–water partition coefficient (Wildman–Crippen LogP) is 13.2. The van der Waals surface area contributed by atoms with Gasteiger partial charge in [-0.15, -0.1) is 0 Å². The van der Waals surface area contributed by atoms with E-state index >= 15 is 0 Å². The van der Waals surface area contributed by atoms with Gasteiger partial charge in [-0.05, 0) is 165 Å². The van der Waals surface area contributed by atoms with Gasteiger partial charge in [-0.3, -0.25) is 38.8 Å². The number of aryl methyl sites for hydroxylation is 3. The number of aliphatic hydroxyl groups is 2. The molecular weight excluding hydrogens is 1740 g/mol. The SMILES string of the molecule is CC(C)NC(=O)/C(C#N)=C/c1ccc2[nH]ccc2c1.CCC(=O)/C(C#N)=C/C1CCN(c2ncnc3nc[nH]c23)CC1.CCC(=O)/C(C#N)=C/c1cccc(C(=O)c2c[nH]c3ncccc23)c1.CN(C)C(=O)/C(C#N)=C/c1ccc2[nH]ncc2c1.N#C/C(=C\c1nc2c(N)ncnc2n1CCCO)C(N)=O.[C-]#[N+]/C(=C\c1c(-c2ccc(C)cc2)c2c(N)ncnc2n1CCCO)c1ccccn1. The summed E-state index contributed by atoms with van der Waals surface area (Å²) in [5, 5.41) is 76.6. The van der Waals surface area contributed by atoms with Crippen LogP contribution in [0.5, 0.6) is 0 Å². The van der Waals surface area contributed by atoms with Crippen LogP contribution < -0.4 is 27.4 Å². The van der Waals surface area contributed by atoms with E-state index in [-0.39, 0.29) is 88.9 Å². The maximum Gasteiger partial charge on any atom is 0.264 e. The summed E-state index contributed by atoms with van der Waals surface area (Å²) in [5.74, 6) is 0.0575. The number of hydrogen-bond acceptors (Lipinski definition) is 27. The zero-order chi connectivity index (χ0) is 98.2. The predicted molar refractivity (Wildman–Crippen MR) is 521 cm³/mol. The van der Waals surface area contributed by atoms with Crippen molar-refractivity contribution in [1.29, 1.82) is 26.3 Å². The van der Waals surface area contributed by atoms with Gasteiger partial charge < -0.3 is 66.6 Å². The van der Waals surface area contributed by atoms with Crippen molar-refractivity contribution in [2.75, 3.05) is 56.8 Å². The molecule has 0 radical (unpaired) electrons. The molecule has 0 spiro atoms. The molecule has 1 fully saturated rings. The van der Waals surface area contributed by atoms with E-state index in [4.69, 9.17) is 55.2 Å². The highest BCUT2D eigenvalue weighted by atomic mass is 16.3. The Balaban J connectivity index is 0.000000159. The Bertz CT molecular complexity index is 7440. The van der Waals surface area contributed by atoms with Crippen LogP contribution in [0, 0.1) is 76.1 Å². The number of aromatic nitrogens is 17. The zero-order valence-electron chi connectivity index (χ0n) is 75.8. The molecule has 0 saturated carbocycles. The molecule has 1 saturated heterocycles. The lowest BCUT2D eigenvalue weighted by molar-refractivity contribution is -0.124. The first-order valence-corrected chi connectivity index (χ1v) is 43.1. The number of pyridine rings is 2. The number of nitrogens with zero attached hydrogens (tertiary/aromatic N) is 21. The maximum absolute atomic E-state index is 12.8. The molecule has 37 heteroatoms. The summed E-state index contributed by atoms with van der Waals surface area (Å²) in [4.78, 5) is 129. The van der Waals surface area contributed by atoms with Crippen LogP contribution in [0.1, 0.15) is 122 Å². The lowest BCUT2D eigenvalue weighted by Crippen LogP contribution is -2.34. The summed E-state index contributed by atoms with van der Waals surface area (Å²) in [6.45, 7) is 19.6. The van der Waals surface area contributed by atoms with Crippen LogP contribution in [0.3, 0.4) is 0 Å². The monoisotopic (exact) mass is 1830 g/mol. The minimum Gasteiger partial charge on any atom is -0.396 e. The normalized spacial score (nSPS) is 12.3. The summed E-state index contributed by atoms with van der Waals surface area (Å²) in [6, 6.07) is 46.9. The minimum absolute atomic E-state index is 0.0106. The van der Waals surface area contributed by atoms with E-state index in [2.05, 4.69) is 90.1 Å². The number of hydrogen-bond donors (Lipinski definition) is 10.